The summed E-state index contributed by atoms with van der Waals surface area (Å²) in [5, 5.41) is 2.65. The second-order valence-electron chi connectivity index (χ2n) is 7.67. The highest BCUT2D eigenvalue weighted by Crippen LogP contribution is 2.35. The van der Waals surface area contributed by atoms with Gasteiger partial charge in [-0.1, -0.05) is 62.7 Å². The maximum atomic E-state index is 2.37. The standard InChI is InChI=1S/C23H23N/c1-16-9-12-18(13-10-16)24-21-8-6-5-7-19(21)20-15-17(23(2,3)4)11-14-22(20)24/h5-15H,1-4H3. The molecule has 0 aliphatic carbocycles. The lowest BCUT2D eigenvalue weighted by Crippen LogP contribution is -2.10. The Morgan fingerprint density at radius 3 is 2.08 bits per heavy atom. The minimum atomic E-state index is 0.154. The van der Waals surface area contributed by atoms with Crippen LogP contribution in [0.4, 0.5) is 0 Å². The van der Waals surface area contributed by atoms with Gasteiger partial charge in [-0.05, 0) is 48.2 Å². The molecule has 1 heterocycles. The first-order valence-electron chi connectivity index (χ1n) is 8.56. The molecular formula is C23H23N. The van der Waals surface area contributed by atoms with Gasteiger partial charge in [0.05, 0.1) is 11.0 Å². The normalized spacial score (nSPS) is 12.2. The molecule has 24 heavy (non-hydrogen) atoms. The van der Waals surface area contributed by atoms with Crippen molar-refractivity contribution in [1.82, 2.24) is 4.57 Å². The third kappa shape index (κ3) is 2.32. The molecule has 0 unspecified atom stereocenters. The van der Waals surface area contributed by atoms with Crippen LogP contribution in [-0.4, -0.2) is 4.57 Å². The zero-order valence-electron chi connectivity index (χ0n) is 14.8. The molecule has 0 spiro atoms. The van der Waals surface area contributed by atoms with E-state index in [0.717, 1.165) is 0 Å². The highest BCUT2D eigenvalue weighted by molar-refractivity contribution is 6.09. The van der Waals surface area contributed by atoms with Gasteiger partial charge in [-0.15, -0.1) is 0 Å². The van der Waals surface area contributed by atoms with E-state index in [-0.39, 0.29) is 5.41 Å². The minimum Gasteiger partial charge on any atom is -0.309 e. The summed E-state index contributed by atoms with van der Waals surface area (Å²) in [6.07, 6.45) is 0. The van der Waals surface area contributed by atoms with E-state index in [1.54, 1.807) is 0 Å². The van der Waals surface area contributed by atoms with Gasteiger partial charge < -0.3 is 4.57 Å². The summed E-state index contributed by atoms with van der Waals surface area (Å²) in [5.74, 6) is 0. The molecule has 0 aliphatic rings. The molecule has 0 N–H and O–H groups in total. The quantitative estimate of drug-likeness (QED) is 0.384. The zero-order chi connectivity index (χ0) is 16.9. The van der Waals surface area contributed by atoms with Crippen LogP contribution in [0, 0.1) is 6.92 Å². The van der Waals surface area contributed by atoms with Crippen LogP contribution in [0.15, 0.2) is 66.7 Å². The SMILES string of the molecule is Cc1ccc(-n2c3ccccc3c3cc(C(C)(C)C)ccc32)cc1. The predicted molar refractivity (Wildman–Crippen MR) is 104 cm³/mol. The molecule has 1 heteroatoms. The van der Waals surface area contributed by atoms with Gasteiger partial charge in [-0.25, -0.2) is 0 Å². The fourth-order valence-electron chi connectivity index (χ4n) is 3.41. The van der Waals surface area contributed by atoms with E-state index in [0.29, 0.717) is 0 Å². The van der Waals surface area contributed by atoms with E-state index in [4.69, 9.17) is 0 Å². The molecule has 0 bridgehead atoms. The highest BCUT2D eigenvalue weighted by atomic mass is 15.0. The lowest BCUT2D eigenvalue weighted by atomic mass is 9.86. The Hall–Kier alpha value is -2.54. The van der Waals surface area contributed by atoms with E-state index in [1.165, 1.54) is 38.6 Å². The number of rotatable bonds is 1. The summed E-state index contributed by atoms with van der Waals surface area (Å²) < 4.78 is 2.37. The van der Waals surface area contributed by atoms with Crippen LogP contribution in [0.5, 0.6) is 0 Å². The number of benzene rings is 3. The molecular weight excluding hydrogens is 290 g/mol. The van der Waals surface area contributed by atoms with Crippen molar-refractivity contribution in [3.05, 3.63) is 77.9 Å². The van der Waals surface area contributed by atoms with E-state index in [9.17, 15) is 0 Å². The third-order valence-corrected chi connectivity index (χ3v) is 4.83. The van der Waals surface area contributed by atoms with Crippen LogP contribution in [0.3, 0.4) is 0 Å². The smallest absolute Gasteiger partial charge is 0.0541 e. The highest BCUT2D eigenvalue weighted by Gasteiger charge is 2.17. The molecule has 0 aliphatic heterocycles. The van der Waals surface area contributed by atoms with Crippen molar-refractivity contribution in [2.24, 2.45) is 0 Å². The first-order valence-corrected chi connectivity index (χ1v) is 8.56. The van der Waals surface area contributed by atoms with E-state index in [1.807, 2.05) is 0 Å². The number of hydrogen-bond acceptors (Lipinski definition) is 0. The van der Waals surface area contributed by atoms with E-state index < -0.39 is 0 Å². The molecule has 0 radical (unpaired) electrons. The van der Waals surface area contributed by atoms with Crippen molar-refractivity contribution >= 4 is 21.8 Å². The molecule has 3 aromatic carbocycles. The Kier molecular flexibility index (Phi) is 3.28. The molecule has 0 amide bonds. The Balaban J connectivity index is 2.10. The van der Waals surface area contributed by atoms with Crippen LogP contribution in [0.1, 0.15) is 31.9 Å². The topological polar surface area (TPSA) is 4.93 Å². The first kappa shape index (κ1) is 15.0. The van der Waals surface area contributed by atoms with Gasteiger partial charge in [0.15, 0.2) is 0 Å². The predicted octanol–water partition coefficient (Wildman–Crippen LogP) is 6.39. The van der Waals surface area contributed by atoms with Gasteiger partial charge in [-0.3, -0.25) is 0 Å². The number of nitrogens with zero attached hydrogens (tertiary/aromatic N) is 1. The van der Waals surface area contributed by atoms with Gasteiger partial charge in [0.1, 0.15) is 0 Å². The zero-order valence-corrected chi connectivity index (χ0v) is 14.8. The number of hydrogen-bond donors (Lipinski definition) is 0. The number of para-hydroxylation sites is 1. The van der Waals surface area contributed by atoms with Crippen molar-refractivity contribution in [3.8, 4) is 5.69 Å². The average Bonchev–Trinajstić information content (AvgIpc) is 2.89. The molecule has 1 aromatic heterocycles. The van der Waals surface area contributed by atoms with E-state index >= 15 is 0 Å². The first-order chi connectivity index (χ1) is 11.4. The Bertz CT molecular complexity index is 1030. The molecule has 4 aromatic rings. The molecule has 0 atom stereocenters. The summed E-state index contributed by atoms with van der Waals surface area (Å²) in [5.41, 5.74) is 6.57. The number of aromatic nitrogens is 1. The average molecular weight is 313 g/mol. The third-order valence-electron chi connectivity index (χ3n) is 4.83. The fourth-order valence-corrected chi connectivity index (χ4v) is 3.41. The minimum absolute atomic E-state index is 0.154. The molecule has 1 nitrogen and oxygen atoms in total. The summed E-state index contributed by atoms with van der Waals surface area (Å²) in [6, 6.07) is 24.4. The summed E-state index contributed by atoms with van der Waals surface area (Å²) in [7, 11) is 0. The number of fused-ring (bicyclic) bond motifs is 3. The molecule has 0 fully saturated rings. The molecule has 0 saturated heterocycles. The largest absolute Gasteiger partial charge is 0.309 e. The van der Waals surface area contributed by atoms with Gasteiger partial charge in [0.2, 0.25) is 0 Å². The van der Waals surface area contributed by atoms with Crippen molar-refractivity contribution in [3.63, 3.8) is 0 Å². The van der Waals surface area contributed by atoms with Crippen molar-refractivity contribution in [2.45, 2.75) is 33.1 Å². The molecule has 4 rings (SSSR count). The van der Waals surface area contributed by atoms with Crippen LogP contribution >= 0.6 is 0 Å². The van der Waals surface area contributed by atoms with E-state index in [2.05, 4.69) is 99.0 Å². The second-order valence-corrected chi connectivity index (χ2v) is 7.67. The van der Waals surface area contributed by atoms with Gasteiger partial charge in [-0.2, -0.15) is 0 Å². The molecule has 120 valence electrons. The number of aryl methyl sites for hydroxylation is 1. The van der Waals surface area contributed by atoms with Gasteiger partial charge >= 0.3 is 0 Å². The summed E-state index contributed by atoms with van der Waals surface area (Å²) in [4.78, 5) is 0. The second kappa shape index (κ2) is 5.24. The van der Waals surface area contributed by atoms with Crippen molar-refractivity contribution < 1.29 is 0 Å². The monoisotopic (exact) mass is 313 g/mol. The van der Waals surface area contributed by atoms with Crippen molar-refractivity contribution in [2.75, 3.05) is 0 Å². The van der Waals surface area contributed by atoms with Crippen molar-refractivity contribution in [1.29, 1.82) is 0 Å². The van der Waals surface area contributed by atoms with Crippen LogP contribution in [0.25, 0.3) is 27.5 Å². The van der Waals surface area contributed by atoms with Gasteiger partial charge in [0.25, 0.3) is 0 Å². The van der Waals surface area contributed by atoms with Crippen LogP contribution < -0.4 is 0 Å². The maximum absolute atomic E-state index is 2.37. The Labute approximate surface area is 143 Å². The Morgan fingerprint density at radius 2 is 1.38 bits per heavy atom. The van der Waals surface area contributed by atoms with Crippen LogP contribution in [0.2, 0.25) is 0 Å². The lowest BCUT2D eigenvalue weighted by Gasteiger charge is -2.19. The molecule has 0 saturated carbocycles. The fraction of sp³-hybridized carbons (Fsp3) is 0.217. The van der Waals surface area contributed by atoms with Gasteiger partial charge in [0, 0.05) is 16.5 Å². The van der Waals surface area contributed by atoms with Crippen LogP contribution in [-0.2, 0) is 5.41 Å². The summed E-state index contributed by atoms with van der Waals surface area (Å²) in [6.45, 7) is 8.94. The maximum Gasteiger partial charge on any atom is 0.0541 e. The summed E-state index contributed by atoms with van der Waals surface area (Å²) >= 11 is 0. The Morgan fingerprint density at radius 1 is 0.708 bits per heavy atom. The lowest BCUT2D eigenvalue weighted by molar-refractivity contribution is 0.591.